The molecule has 0 aromatic heterocycles. The van der Waals surface area contributed by atoms with Crippen LogP contribution in [0.2, 0.25) is 0 Å². The fourth-order valence-electron chi connectivity index (χ4n) is 2.76. The van der Waals surface area contributed by atoms with Gasteiger partial charge >= 0.3 is 12.1 Å². The fourth-order valence-corrected chi connectivity index (χ4v) is 4.52. The van der Waals surface area contributed by atoms with E-state index in [1.165, 1.54) is 16.7 Å². The molecule has 3 unspecified atom stereocenters. The Kier molecular flexibility index (Phi) is 6.16. The Morgan fingerprint density at radius 2 is 1.85 bits per heavy atom. The Morgan fingerprint density at radius 3 is 2.33 bits per heavy atom. The molecule has 0 spiro atoms. The number of alkyl halides is 3. The van der Waals surface area contributed by atoms with Crippen molar-refractivity contribution in [1.29, 1.82) is 0 Å². The van der Waals surface area contributed by atoms with Crippen molar-refractivity contribution >= 4 is 64.5 Å². The summed E-state index contributed by atoms with van der Waals surface area (Å²) in [6, 6.07) is -0.851. The summed E-state index contributed by atoms with van der Waals surface area (Å²) in [5.74, 6) is -1.72. The average Bonchev–Trinajstić information content (AvgIpc) is 2.70. The van der Waals surface area contributed by atoms with Gasteiger partial charge < -0.3 is 14.6 Å². The number of likely N-dealkylation sites (tertiary alicyclic amines) is 1. The van der Waals surface area contributed by atoms with E-state index < -0.39 is 56.5 Å². The van der Waals surface area contributed by atoms with Crippen molar-refractivity contribution in [2.75, 3.05) is 6.61 Å². The summed E-state index contributed by atoms with van der Waals surface area (Å²) >= 11 is 17.7. The first-order valence-electron chi connectivity index (χ1n) is 7.99. The zero-order valence-corrected chi connectivity index (χ0v) is 18.4. The Balaban J connectivity index is 2.11. The van der Waals surface area contributed by atoms with Crippen LogP contribution >= 0.6 is 46.6 Å². The molecule has 2 saturated heterocycles. The number of hydrogen-bond acceptors (Lipinski definition) is 7. The molecule has 0 saturated carbocycles. The number of halogens is 3. The molecular formula is C15H21Cl3N2O6S. The molecule has 154 valence electrons. The lowest BCUT2D eigenvalue weighted by Crippen LogP contribution is -2.71. The summed E-state index contributed by atoms with van der Waals surface area (Å²) in [5, 5.41) is 9.56. The number of esters is 1. The van der Waals surface area contributed by atoms with Crippen molar-refractivity contribution in [3.8, 4) is 0 Å². The number of amides is 2. The van der Waals surface area contributed by atoms with E-state index >= 15 is 0 Å². The molecule has 2 aliphatic heterocycles. The van der Waals surface area contributed by atoms with Crippen molar-refractivity contribution in [3.63, 3.8) is 0 Å². The van der Waals surface area contributed by atoms with Crippen LogP contribution in [0.15, 0.2) is 0 Å². The van der Waals surface area contributed by atoms with Crippen LogP contribution in [0.3, 0.4) is 0 Å². The lowest BCUT2D eigenvalue weighted by molar-refractivity contribution is -0.185. The van der Waals surface area contributed by atoms with Crippen LogP contribution in [0.25, 0.3) is 0 Å². The van der Waals surface area contributed by atoms with Gasteiger partial charge in [0.2, 0.25) is 10.0 Å². The molecule has 0 aliphatic carbocycles. The number of nitrogens with zero attached hydrogens (tertiary/aromatic N) is 2. The zero-order chi connectivity index (χ0) is 20.9. The van der Waals surface area contributed by atoms with E-state index in [0.717, 1.165) is 4.90 Å². The van der Waals surface area contributed by atoms with Gasteiger partial charge in [-0.25, -0.2) is 9.59 Å². The standard InChI is InChI=1S/C15H21Cl3N2O6S/c1-13(2,3)26-12(24)20-7-8(21)19(10(7)27-14(20,4)5)9(22)11(23)25-6-15(16,17)18/h7,9-10,22H,6H2,1-5H3. The molecule has 1 N–H and O–H groups in total. The number of rotatable bonds is 3. The topological polar surface area (TPSA) is 96.4 Å². The first-order valence-corrected chi connectivity index (χ1v) is 10.0. The quantitative estimate of drug-likeness (QED) is 0.390. The summed E-state index contributed by atoms with van der Waals surface area (Å²) < 4.78 is 8.26. The minimum absolute atomic E-state index is 0.577. The second kappa shape index (κ2) is 7.33. The normalized spacial score (nSPS) is 25.6. The van der Waals surface area contributed by atoms with Crippen LogP contribution in [0.1, 0.15) is 34.6 Å². The number of aliphatic hydroxyl groups excluding tert-OH is 1. The molecule has 27 heavy (non-hydrogen) atoms. The average molecular weight is 464 g/mol. The molecule has 2 heterocycles. The van der Waals surface area contributed by atoms with Crippen molar-refractivity contribution in [2.24, 2.45) is 0 Å². The molecule has 2 fully saturated rings. The lowest BCUT2D eigenvalue weighted by atomic mass is 10.0. The largest absolute Gasteiger partial charge is 0.458 e. The highest BCUT2D eigenvalue weighted by molar-refractivity contribution is 8.01. The van der Waals surface area contributed by atoms with Crippen LogP contribution < -0.4 is 0 Å². The molecule has 0 aromatic carbocycles. The fraction of sp³-hybridized carbons (Fsp3) is 0.800. The number of thioether (sulfide) groups is 1. The van der Waals surface area contributed by atoms with Gasteiger partial charge in [0.05, 0.1) is 4.87 Å². The molecular weight excluding hydrogens is 443 g/mol. The number of β-lactam (4-membered cyclic amide) rings is 1. The van der Waals surface area contributed by atoms with Crippen molar-refractivity contribution in [3.05, 3.63) is 0 Å². The van der Waals surface area contributed by atoms with E-state index in [0.29, 0.717) is 0 Å². The summed E-state index contributed by atoms with van der Waals surface area (Å²) in [5.41, 5.74) is -0.733. The van der Waals surface area contributed by atoms with E-state index in [-0.39, 0.29) is 0 Å². The highest BCUT2D eigenvalue weighted by Gasteiger charge is 2.66. The predicted octanol–water partition coefficient (Wildman–Crippen LogP) is 2.48. The first-order chi connectivity index (χ1) is 12.1. The molecule has 0 aromatic rings. The Bertz CT molecular complexity index is 648. The molecule has 2 rings (SSSR count). The Labute approximate surface area is 176 Å². The number of carbonyl (C=O) groups excluding carboxylic acids is 3. The smallest absolute Gasteiger partial charge is 0.412 e. The van der Waals surface area contributed by atoms with E-state index in [1.54, 1.807) is 34.6 Å². The number of fused-ring (bicyclic) bond motifs is 1. The third-order valence-corrected chi connectivity index (χ3v) is 5.59. The summed E-state index contributed by atoms with van der Waals surface area (Å²) in [6.07, 6.45) is -2.51. The van der Waals surface area contributed by atoms with E-state index in [2.05, 4.69) is 0 Å². The molecule has 2 aliphatic rings. The third-order valence-electron chi connectivity index (χ3n) is 3.76. The van der Waals surface area contributed by atoms with Gasteiger partial charge in [-0.2, -0.15) is 0 Å². The maximum Gasteiger partial charge on any atom is 0.412 e. The number of aliphatic hydroxyl groups is 1. The Hall–Kier alpha value is -0.610. The van der Waals surface area contributed by atoms with Crippen LogP contribution in [0, 0.1) is 0 Å². The number of ether oxygens (including phenoxy) is 2. The van der Waals surface area contributed by atoms with Gasteiger partial charge in [-0.1, -0.05) is 34.8 Å². The predicted molar refractivity (Wildman–Crippen MR) is 101 cm³/mol. The summed E-state index contributed by atoms with van der Waals surface area (Å²) in [7, 11) is 0. The van der Waals surface area contributed by atoms with E-state index in [9.17, 15) is 19.5 Å². The summed E-state index contributed by atoms with van der Waals surface area (Å²) in [6.45, 7) is 8.08. The lowest BCUT2D eigenvalue weighted by Gasteiger charge is -2.46. The zero-order valence-electron chi connectivity index (χ0n) is 15.4. The monoisotopic (exact) mass is 462 g/mol. The van der Waals surface area contributed by atoms with Gasteiger partial charge in [-0.15, -0.1) is 11.8 Å². The van der Waals surface area contributed by atoms with Crippen LogP contribution in [-0.2, 0) is 19.1 Å². The number of hydrogen-bond donors (Lipinski definition) is 1. The van der Waals surface area contributed by atoms with Crippen LogP contribution in [0.5, 0.6) is 0 Å². The van der Waals surface area contributed by atoms with Gasteiger partial charge in [-0.05, 0) is 34.6 Å². The summed E-state index contributed by atoms with van der Waals surface area (Å²) in [4.78, 5) is 38.6. The van der Waals surface area contributed by atoms with E-state index in [4.69, 9.17) is 44.3 Å². The molecule has 3 atom stereocenters. The third kappa shape index (κ3) is 4.87. The molecule has 12 heteroatoms. The van der Waals surface area contributed by atoms with E-state index in [1.807, 2.05) is 0 Å². The second-order valence-electron chi connectivity index (χ2n) is 7.59. The SMILES string of the molecule is CC(C)(C)OC(=O)N1C2C(=O)N(C(O)C(=O)OCC(Cl)(Cl)Cl)C2SC1(C)C. The second-order valence-corrected chi connectivity index (χ2v) is 11.8. The van der Waals surface area contributed by atoms with Gasteiger partial charge in [0.1, 0.15) is 23.6 Å². The van der Waals surface area contributed by atoms with Gasteiger partial charge in [0.15, 0.2) is 0 Å². The maximum absolute atomic E-state index is 12.6. The van der Waals surface area contributed by atoms with Crippen molar-refractivity contribution in [1.82, 2.24) is 9.80 Å². The van der Waals surface area contributed by atoms with Crippen molar-refractivity contribution < 1.29 is 29.0 Å². The maximum atomic E-state index is 12.6. The van der Waals surface area contributed by atoms with Gasteiger partial charge in [-0.3, -0.25) is 14.6 Å². The number of carbonyl (C=O) groups is 3. The minimum Gasteiger partial charge on any atom is -0.458 e. The molecule has 2 amide bonds. The molecule has 0 radical (unpaired) electrons. The highest BCUT2D eigenvalue weighted by atomic mass is 35.6. The molecule has 0 bridgehead atoms. The van der Waals surface area contributed by atoms with Crippen LogP contribution in [0.4, 0.5) is 4.79 Å². The van der Waals surface area contributed by atoms with Crippen molar-refractivity contribution in [2.45, 2.75) is 66.5 Å². The first kappa shape index (κ1) is 22.7. The minimum atomic E-state index is -1.87. The van der Waals surface area contributed by atoms with Gasteiger partial charge in [0.25, 0.3) is 5.91 Å². The molecule has 8 nitrogen and oxygen atoms in total. The van der Waals surface area contributed by atoms with Gasteiger partial charge in [0, 0.05) is 0 Å². The highest BCUT2D eigenvalue weighted by Crippen LogP contribution is 2.52. The Morgan fingerprint density at radius 1 is 1.30 bits per heavy atom. The van der Waals surface area contributed by atoms with Crippen LogP contribution in [-0.4, -0.2) is 71.4 Å².